The van der Waals surface area contributed by atoms with Crippen molar-refractivity contribution in [2.24, 2.45) is 0 Å². The Morgan fingerprint density at radius 2 is 1.93 bits per heavy atom. The first kappa shape index (κ1) is 18.1. The Morgan fingerprint density at radius 1 is 1.11 bits per heavy atom. The van der Waals surface area contributed by atoms with Crippen LogP contribution in [0.15, 0.2) is 60.0 Å². The van der Waals surface area contributed by atoms with Gasteiger partial charge in [-0.3, -0.25) is 4.40 Å². The molecule has 11 heteroatoms. The van der Waals surface area contributed by atoms with Gasteiger partial charge in [-0.05, 0) is 37.3 Å². The third-order valence-corrected chi connectivity index (χ3v) is 5.40. The smallest absolute Gasteiger partial charge is 0.260 e. The summed E-state index contributed by atoms with van der Waals surface area (Å²) in [6, 6.07) is 8.22. The van der Waals surface area contributed by atoms with Gasteiger partial charge in [0.2, 0.25) is 15.7 Å². The van der Waals surface area contributed by atoms with Gasteiger partial charge in [-0.25, -0.2) is 22.8 Å². The average molecular weight is 399 g/mol. The third-order valence-electron chi connectivity index (χ3n) is 3.98. The van der Waals surface area contributed by atoms with E-state index in [2.05, 4.69) is 25.0 Å². The summed E-state index contributed by atoms with van der Waals surface area (Å²) < 4.78 is 36.4. The lowest BCUT2D eigenvalue weighted by atomic mass is 10.3. The van der Waals surface area contributed by atoms with Gasteiger partial charge in [0, 0.05) is 24.8 Å². The van der Waals surface area contributed by atoms with E-state index in [1.54, 1.807) is 52.1 Å². The van der Waals surface area contributed by atoms with Crippen molar-refractivity contribution in [2.75, 3.05) is 6.61 Å². The lowest BCUT2D eigenvalue weighted by Crippen LogP contribution is -2.24. The number of nitrogens with one attached hydrogen (secondary N) is 1. The molecule has 0 saturated carbocycles. The van der Waals surface area contributed by atoms with Crippen molar-refractivity contribution in [1.29, 1.82) is 0 Å². The maximum Gasteiger partial charge on any atom is 0.260 e. The Kier molecular flexibility index (Phi) is 4.75. The average Bonchev–Trinajstić information content (AvgIpc) is 3.38. The molecule has 0 aliphatic carbocycles. The number of rotatable bonds is 7. The maximum atomic E-state index is 12.6. The van der Waals surface area contributed by atoms with Crippen LogP contribution in [0.3, 0.4) is 0 Å². The molecule has 4 aromatic rings. The highest BCUT2D eigenvalue weighted by atomic mass is 32.2. The van der Waals surface area contributed by atoms with Crippen LogP contribution in [0, 0.1) is 0 Å². The first-order valence-electron chi connectivity index (χ1n) is 8.49. The van der Waals surface area contributed by atoms with E-state index in [1.165, 1.54) is 12.1 Å². The van der Waals surface area contributed by atoms with Gasteiger partial charge in [-0.2, -0.15) is 5.10 Å². The van der Waals surface area contributed by atoms with Crippen molar-refractivity contribution in [3.05, 3.63) is 60.9 Å². The second kappa shape index (κ2) is 7.37. The lowest BCUT2D eigenvalue weighted by molar-refractivity contribution is 0.328. The predicted octanol–water partition coefficient (Wildman–Crippen LogP) is 1.19. The molecule has 3 heterocycles. The van der Waals surface area contributed by atoms with Gasteiger partial charge in [0.1, 0.15) is 0 Å². The van der Waals surface area contributed by atoms with Crippen molar-refractivity contribution in [1.82, 2.24) is 34.1 Å². The summed E-state index contributed by atoms with van der Waals surface area (Å²) in [7, 11) is -3.72. The highest BCUT2D eigenvalue weighted by Gasteiger charge is 2.17. The monoisotopic (exact) mass is 399 g/mol. The molecule has 144 valence electrons. The van der Waals surface area contributed by atoms with Crippen LogP contribution in [0.4, 0.5) is 0 Å². The first-order valence-corrected chi connectivity index (χ1v) is 9.98. The van der Waals surface area contributed by atoms with E-state index in [9.17, 15) is 8.42 Å². The molecule has 0 radical (unpaired) electrons. The molecule has 0 unspecified atom stereocenters. The summed E-state index contributed by atoms with van der Waals surface area (Å²) in [5.74, 6) is 0.774. The van der Waals surface area contributed by atoms with Crippen molar-refractivity contribution in [3.63, 3.8) is 0 Å². The summed E-state index contributed by atoms with van der Waals surface area (Å²) in [5.41, 5.74) is 1.20. The molecule has 0 saturated heterocycles. The normalized spacial score (nSPS) is 11.8. The lowest BCUT2D eigenvalue weighted by Gasteiger charge is -2.08. The van der Waals surface area contributed by atoms with Crippen molar-refractivity contribution >= 4 is 15.7 Å². The second-order valence-corrected chi connectivity index (χ2v) is 7.51. The molecular formula is C17H17N7O3S. The first-order chi connectivity index (χ1) is 13.6. The molecule has 0 atom stereocenters. The Morgan fingerprint density at radius 3 is 2.64 bits per heavy atom. The van der Waals surface area contributed by atoms with E-state index in [-0.39, 0.29) is 11.4 Å². The molecule has 0 amide bonds. The number of hydrogen-bond donors (Lipinski definition) is 1. The van der Waals surface area contributed by atoms with E-state index in [4.69, 9.17) is 4.74 Å². The van der Waals surface area contributed by atoms with E-state index in [0.717, 1.165) is 5.69 Å². The predicted molar refractivity (Wildman–Crippen MR) is 99.5 cm³/mol. The SMILES string of the molecule is CCOc1nccn2c(CNS(=O)(=O)c3ccc(-n4cccn4)cc3)nnc12. The van der Waals surface area contributed by atoms with Gasteiger partial charge >= 0.3 is 0 Å². The Hall–Kier alpha value is -3.31. The highest BCUT2D eigenvalue weighted by Crippen LogP contribution is 2.16. The van der Waals surface area contributed by atoms with E-state index >= 15 is 0 Å². The minimum atomic E-state index is -3.72. The van der Waals surface area contributed by atoms with Gasteiger partial charge in [-0.15, -0.1) is 10.2 Å². The van der Waals surface area contributed by atoms with Crippen molar-refractivity contribution in [3.8, 4) is 11.6 Å². The summed E-state index contributed by atoms with van der Waals surface area (Å²) in [6.07, 6.45) is 6.64. The fraction of sp³-hybridized carbons (Fsp3) is 0.176. The number of fused-ring (bicyclic) bond motifs is 1. The van der Waals surface area contributed by atoms with Crippen LogP contribution < -0.4 is 9.46 Å². The van der Waals surface area contributed by atoms with Crippen LogP contribution in [0.1, 0.15) is 12.7 Å². The molecule has 0 bridgehead atoms. The molecular weight excluding hydrogens is 382 g/mol. The number of sulfonamides is 1. The van der Waals surface area contributed by atoms with Crippen LogP contribution >= 0.6 is 0 Å². The Bertz CT molecular complexity index is 1190. The van der Waals surface area contributed by atoms with E-state index in [0.29, 0.717) is 24.0 Å². The van der Waals surface area contributed by atoms with Crippen molar-refractivity contribution < 1.29 is 13.2 Å². The number of nitrogens with zero attached hydrogens (tertiary/aromatic N) is 6. The van der Waals surface area contributed by atoms with Crippen LogP contribution in [0.25, 0.3) is 11.3 Å². The summed E-state index contributed by atoms with van der Waals surface area (Å²) >= 11 is 0. The third kappa shape index (κ3) is 3.44. The molecule has 1 aromatic carbocycles. The topological polar surface area (TPSA) is 116 Å². The summed E-state index contributed by atoms with van der Waals surface area (Å²) in [5, 5.41) is 12.2. The number of hydrogen-bond acceptors (Lipinski definition) is 7. The minimum Gasteiger partial charge on any atom is -0.475 e. The van der Waals surface area contributed by atoms with Crippen molar-refractivity contribution in [2.45, 2.75) is 18.4 Å². The number of aromatic nitrogens is 6. The van der Waals surface area contributed by atoms with Gasteiger partial charge < -0.3 is 4.74 Å². The zero-order valence-electron chi connectivity index (χ0n) is 14.9. The van der Waals surface area contributed by atoms with Gasteiger partial charge in [-0.1, -0.05) is 0 Å². The molecule has 0 aliphatic heterocycles. The van der Waals surface area contributed by atoms with Gasteiger partial charge in [0.05, 0.1) is 23.7 Å². The van der Waals surface area contributed by atoms with Crippen LogP contribution in [-0.4, -0.2) is 44.4 Å². The Labute approximate surface area is 160 Å². The van der Waals surface area contributed by atoms with Gasteiger partial charge in [0.15, 0.2) is 5.82 Å². The summed E-state index contributed by atoms with van der Waals surface area (Å²) in [4.78, 5) is 4.25. The standard InChI is InChI=1S/C17H17N7O3S/c1-2-27-17-16-22-21-15(23(16)11-9-18-17)12-20-28(25,26)14-6-4-13(5-7-14)24-10-3-8-19-24/h3-11,20H,2,12H2,1H3. The van der Waals surface area contributed by atoms with Gasteiger partial charge in [0.25, 0.3) is 5.88 Å². The largest absolute Gasteiger partial charge is 0.475 e. The molecule has 28 heavy (non-hydrogen) atoms. The zero-order chi connectivity index (χ0) is 19.6. The number of ether oxygens (including phenoxy) is 1. The minimum absolute atomic E-state index is 0.0278. The molecule has 3 aromatic heterocycles. The van der Waals surface area contributed by atoms with E-state index in [1.807, 2.05) is 6.92 Å². The summed E-state index contributed by atoms with van der Waals surface area (Å²) in [6.45, 7) is 2.25. The maximum absolute atomic E-state index is 12.6. The van der Waals surface area contributed by atoms with E-state index < -0.39 is 10.0 Å². The quantitative estimate of drug-likeness (QED) is 0.496. The molecule has 1 N–H and O–H groups in total. The molecule has 4 rings (SSSR count). The fourth-order valence-corrected chi connectivity index (χ4v) is 3.63. The molecule has 0 aliphatic rings. The fourth-order valence-electron chi connectivity index (χ4n) is 2.65. The highest BCUT2D eigenvalue weighted by molar-refractivity contribution is 7.89. The Balaban J connectivity index is 1.53. The van der Waals surface area contributed by atoms with Crippen LogP contribution in [0.5, 0.6) is 5.88 Å². The van der Waals surface area contributed by atoms with Crippen LogP contribution in [-0.2, 0) is 16.6 Å². The second-order valence-electron chi connectivity index (χ2n) is 5.74. The zero-order valence-corrected chi connectivity index (χ0v) is 15.7. The van der Waals surface area contributed by atoms with Crippen LogP contribution in [0.2, 0.25) is 0 Å². The number of benzene rings is 1. The molecule has 0 spiro atoms. The molecule has 0 fully saturated rings. The molecule has 10 nitrogen and oxygen atoms in total.